The highest BCUT2D eigenvalue weighted by molar-refractivity contribution is 9.10. The molecule has 1 aromatic carbocycles. The van der Waals surface area contributed by atoms with E-state index >= 15 is 0 Å². The first-order valence-electron chi connectivity index (χ1n) is 5.76. The number of rotatable bonds is 2. The fourth-order valence-corrected chi connectivity index (χ4v) is 2.75. The Morgan fingerprint density at radius 1 is 1.28 bits per heavy atom. The van der Waals surface area contributed by atoms with Crippen molar-refractivity contribution in [2.45, 2.75) is 12.8 Å². The standard InChI is InChI=1S/C14H12BrNO2/c1-17-16-13-5-3-9-8-10(2-4-11(9)13)14-12(15)6-7-18-14/h2,4,6-8H,3,5H2,1H3/b16-13+. The van der Waals surface area contributed by atoms with Crippen LogP contribution < -0.4 is 0 Å². The molecular weight excluding hydrogens is 294 g/mol. The first kappa shape index (κ1) is 11.5. The zero-order valence-corrected chi connectivity index (χ0v) is 11.5. The van der Waals surface area contributed by atoms with Crippen LogP contribution >= 0.6 is 15.9 Å². The molecule has 0 saturated heterocycles. The lowest BCUT2D eigenvalue weighted by atomic mass is 10.0. The lowest BCUT2D eigenvalue weighted by Gasteiger charge is -2.03. The van der Waals surface area contributed by atoms with E-state index in [1.807, 2.05) is 6.07 Å². The summed E-state index contributed by atoms with van der Waals surface area (Å²) in [6.07, 6.45) is 3.63. The zero-order valence-electron chi connectivity index (χ0n) is 9.94. The zero-order chi connectivity index (χ0) is 12.5. The fraction of sp³-hybridized carbons (Fsp3) is 0.214. The molecule has 3 nitrogen and oxygen atoms in total. The van der Waals surface area contributed by atoms with Crippen molar-refractivity contribution in [2.24, 2.45) is 5.16 Å². The van der Waals surface area contributed by atoms with Gasteiger partial charge in [-0.3, -0.25) is 0 Å². The van der Waals surface area contributed by atoms with E-state index < -0.39 is 0 Å². The molecular formula is C14H12BrNO2. The van der Waals surface area contributed by atoms with E-state index in [1.54, 1.807) is 13.4 Å². The van der Waals surface area contributed by atoms with E-state index in [0.29, 0.717) is 0 Å². The Balaban J connectivity index is 2.04. The van der Waals surface area contributed by atoms with Gasteiger partial charge in [0.05, 0.1) is 16.4 Å². The van der Waals surface area contributed by atoms with Crippen LogP contribution in [0.2, 0.25) is 0 Å². The van der Waals surface area contributed by atoms with Crippen LogP contribution in [-0.4, -0.2) is 12.8 Å². The monoisotopic (exact) mass is 305 g/mol. The maximum absolute atomic E-state index is 5.48. The summed E-state index contributed by atoms with van der Waals surface area (Å²) >= 11 is 3.48. The van der Waals surface area contributed by atoms with Gasteiger partial charge in [0.1, 0.15) is 12.9 Å². The SMILES string of the molecule is CO/N=C1\CCc2cc(-c3occc3Br)ccc21. The van der Waals surface area contributed by atoms with Crippen LogP contribution in [0.3, 0.4) is 0 Å². The van der Waals surface area contributed by atoms with Gasteiger partial charge in [-0.2, -0.15) is 0 Å². The Morgan fingerprint density at radius 2 is 2.17 bits per heavy atom. The average Bonchev–Trinajstić information content (AvgIpc) is 2.96. The van der Waals surface area contributed by atoms with Crippen molar-refractivity contribution >= 4 is 21.6 Å². The predicted octanol–water partition coefficient (Wildman–Crippen LogP) is 4.01. The molecule has 1 aliphatic carbocycles. The van der Waals surface area contributed by atoms with Crippen molar-refractivity contribution in [3.63, 3.8) is 0 Å². The van der Waals surface area contributed by atoms with E-state index in [2.05, 4.69) is 39.3 Å². The topological polar surface area (TPSA) is 34.7 Å². The fourth-order valence-electron chi connectivity index (χ4n) is 2.32. The molecule has 0 atom stereocenters. The maximum atomic E-state index is 5.48. The lowest BCUT2D eigenvalue weighted by molar-refractivity contribution is 0.213. The van der Waals surface area contributed by atoms with Crippen LogP contribution in [0, 0.1) is 0 Å². The second-order valence-corrected chi connectivity index (χ2v) is 5.04. The molecule has 1 heterocycles. The minimum absolute atomic E-state index is 0.870. The number of halogens is 1. The second kappa shape index (κ2) is 4.61. The molecule has 0 N–H and O–H groups in total. The molecule has 0 saturated carbocycles. The van der Waals surface area contributed by atoms with Crippen molar-refractivity contribution in [3.05, 3.63) is 46.1 Å². The molecule has 0 fully saturated rings. The maximum Gasteiger partial charge on any atom is 0.148 e. The molecule has 92 valence electrons. The molecule has 0 bridgehead atoms. The van der Waals surface area contributed by atoms with Crippen LogP contribution in [0.1, 0.15) is 17.5 Å². The smallest absolute Gasteiger partial charge is 0.148 e. The predicted molar refractivity (Wildman–Crippen MR) is 73.7 cm³/mol. The van der Waals surface area contributed by atoms with Crippen molar-refractivity contribution in [1.29, 1.82) is 0 Å². The summed E-state index contributed by atoms with van der Waals surface area (Å²) in [6.45, 7) is 0. The molecule has 4 heteroatoms. The van der Waals surface area contributed by atoms with Gasteiger partial charge in [-0.05, 0) is 46.5 Å². The molecule has 1 aromatic heterocycles. The summed E-state index contributed by atoms with van der Waals surface area (Å²) in [6, 6.07) is 8.21. The summed E-state index contributed by atoms with van der Waals surface area (Å²) < 4.78 is 6.46. The minimum Gasteiger partial charge on any atom is -0.463 e. The quantitative estimate of drug-likeness (QED) is 0.786. The molecule has 2 aromatic rings. The Morgan fingerprint density at radius 3 is 2.89 bits per heavy atom. The van der Waals surface area contributed by atoms with Crippen LogP contribution in [0.15, 0.2) is 44.6 Å². The first-order valence-corrected chi connectivity index (χ1v) is 6.55. The third-order valence-corrected chi connectivity index (χ3v) is 3.75. The minimum atomic E-state index is 0.870. The third-order valence-electron chi connectivity index (χ3n) is 3.13. The van der Waals surface area contributed by atoms with Gasteiger partial charge in [0.25, 0.3) is 0 Å². The van der Waals surface area contributed by atoms with Crippen LogP contribution in [0.5, 0.6) is 0 Å². The van der Waals surface area contributed by atoms with Crippen LogP contribution in [-0.2, 0) is 11.3 Å². The summed E-state index contributed by atoms with van der Waals surface area (Å²) in [5.41, 5.74) is 4.59. The molecule has 18 heavy (non-hydrogen) atoms. The molecule has 0 unspecified atom stereocenters. The molecule has 1 aliphatic rings. The number of oxime groups is 1. The Kier molecular flexibility index (Phi) is 2.96. The molecule has 0 amide bonds. The van der Waals surface area contributed by atoms with Gasteiger partial charge in [0.15, 0.2) is 0 Å². The van der Waals surface area contributed by atoms with E-state index in [4.69, 9.17) is 9.25 Å². The number of aryl methyl sites for hydroxylation is 1. The van der Waals surface area contributed by atoms with E-state index in [-0.39, 0.29) is 0 Å². The second-order valence-electron chi connectivity index (χ2n) is 4.19. The summed E-state index contributed by atoms with van der Waals surface area (Å²) in [5, 5.41) is 4.06. The van der Waals surface area contributed by atoms with Crippen molar-refractivity contribution in [3.8, 4) is 11.3 Å². The molecule has 0 aliphatic heterocycles. The normalized spacial score (nSPS) is 16.0. The molecule has 3 rings (SSSR count). The van der Waals surface area contributed by atoms with Crippen LogP contribution in [0.25, 0.3) is 11.3 Å². The van der Waals surface area contributed by atoms with E-state index in [1.165, 1.54) is 11.1 Å². The van der Waals surface area contributed by atoms with Crippen molar-refractivity contribution in [2.75, 3.05) is 7.11 Å². The molecule has 0 spiro atoms. The Bertz CT molecular complexity index is 616. The van der Waals surface area contributed by atoms with Gasteiger partial charge >= 0.3 is 0 Å². The number of benzene rings is 1. The highest BCUT2D eigenvalue weighted by Gasteiger charge is 2.19. The summed E-state index contributed by atoms with van der Waals surface area (Å²) in [4.78, 5) is 4.87. The van der Waals surface area contributed by atoms with Gasteiger partial charge in [-0.25, -0.2) is 0 Å². The molecule has 0 radical (unpaired) electrons. The Labute approximate surface area is 114 Å². The number of furan rings is 1. The van der Waals surface area contributed by atoms with Gasteiger partial charge in [-0.15, -0.1) is 0 Å². The van der Waals surface area contributed by atoms with Gasteiger partial charge < -0.3 is 9.25 Å². The van der Waals surface area contributed by atoms with Crippen LogP contribution in [0.4, 0.5) is 0 Å². The Hall–Kier alpha value is -1.55. The number of fused-ring (bicyclic) bond motifs is 1. The van der Waals surface area contributed by atoms with Gasteiger partial charge in [0.2, 0.25) is 0 Å². The van der Waals surface area contributed by atoms with Crippen molar-refractivity contribution < 1.29 is 9.25 Å². The highest BCUT2D eigenvalue weighted by Crippen LogP contribution is 2.33. The third kappa shape index (κ3) is 1.86. The first-order chi connectivity index (χ1) is 8.79. The number of nitrogens with zero attached hydrogens (tertiary/aromatic N) is 1. The number of hydrogen-bond donors (Lipinski definition) is 0. The van der Waals surface area contributed by atoms with Gasteiger partial charge in [-0.1, -0.05) is 17.3 Å². The highest BCUT2D eigenvalue weighted by atomic mass is 79.9. The number of hydrogen-bond acceptors (Lipinski definition) is 3. The summed E-state index contributed by atoms with van der Waals surface area (Å²) in [5.74, 6) is 0.870. The lowest BCUT2D eigenvalue weighted by Crippen LogP contribution is -1.94. The van der Waals surface area contributed by atoms with Crippen molar-refractivity contribution in [1.82, 2.24) is 0 Å². The largest absolute Gasteiger partial charge is 0.463 e. The van der Waals surface area contributed by atoms with E-state index in [9.17, 15) is 0 Å². The average molecular weight is 306 g/mol. The van der Waals surface area contributed by atoms with E-state index in [0.717, 1.165) is 34.3 Å². The van der Waals surface area contributed by atoms with Gasteiger partial charge in [0, 0.05) is 11.1 Å². The summed E-state index contributed by atoms with van der Waals surface area (Å²) in [7, 11) is 1.58.